The summed E-state index contributed by atoms with van der Waals surface area (Å²) in [5, 5.41) is 19.9. The fourth-order valence-electron chi connectivity index (χ4n) is 2.37. The van der Waals surface area contributed by atoms with E-state index in [9.17, 15) is 19.0 Å². The summed E-state index contributed by atoms with van der Waals surface area (Å²) >= 11 is 5.94. The van der Waals surface area contributed by atoms with Gasteiger partial charge in [-0.25, -0.2) is 8.78 Å². The van der Waals surface area contributed by atoms with Gasteiger partial charge in [0.1, 0.15) is 11.6 Å². The van der Waals surface area contributed by atoms with Crippen molar-refractivity contribution in [3.63, 3.8) is 0 Å². The molecule has 0 spiro atoms. The van der Waals surface area contributed by atoms with E-state index >= 15 is 0 Å². The van der Waals surface area contributed by atoms with Gasteiger partial charge in [0.2, 0.25) is 0 Å². The monoisotopic (exact) mass is 312 g/mol. The van der Waals surface area contributed by atoms with Crippen LogP contribution >= 0.6 is 11.6 Å². The lowest BCUT2D eigenvalue weighted by Crippen LogP contribution is -2.37. The molecule has 0 bridgehead atoms. The number of aliphatic hydroxyl groups is 2. The minimum absolute atomic E-state index is 0.0923. The highest BCUT2D eigenvalue weighted by Gasteiger charge is 2.32. The van der Waals surface area contributed by atoms with Crippen molar-refractivity contribution in [1.29, 1.82) is 0 Å². The minimum atomic E-state index is -1.05. The summed E-state index contributed by atoms with van der Waals surface area (Å²) in [6.07, 6.45) is 0.0923. The number of aliphatic hydroxyl groups excluding tert-OH is 2. The number of hydrogen-bond donors (Lipinski definition) is 2. The quantitative estimate of drug-likeness (QED) is 0.891. The summed E-state index contributed by atoms with van der Waals surface area (Å²) < 4.78 is 26.6. The van der Waals surface area contributed by atoms with Crippen LogP contribution in [0.4, 0.5) is 8.78 Å². The lowest BCUT2D eigenvalue weighted by Gasteiger charge is -2.30. The molecular formula is C16H15ClF2O2. The van der Waals surface area contributed by atoms with E-state index in [1.165, 1.54) is 12.1 Å². The molecule has 5 heteroatoms. The Morgan fingerprint density at radius 2 is 1.57 bits per heavy atom. The Morgan fingerprint density at radius 3 is 2.10 bits per heavy atom. The van der Waals surface area contributed by atoms with Gasteiger partial charge in [0.15, 0.2) is 0 Å². The van der Waals surface area contributed by atoms with Gasteiger partial charge in [0.25, 0.3) is 0 Å². The first kappa shape index (κ1) is 15.9. The summed E-state index contributed by atoms with van der Waals surface area (Å²) in [5.74, 6) is -1.39. The second-order valence-corrected chi connectivity index (χ2v) is 5.50. The van der Waals surface area contributed by atoms with Gasteiger partial charge in [-0.3, -0.25) is 0 Å². The van der Waals surface area contributed by atoms with Gasteiger partial charge in [-0.1, -0.05) is 23.7 Å². The van der Waals surface area contributed by atoms with E-state index in [1.54, 1.807) is 24.3 Å². The average Bonchev–Trinajstić information content (AvgIpc) is 2.44. The van der Waals surface area contributed by atoms with Crippen LogP contribution in [0.1, 0.15) is 11.1 Å². The maximum absolute atomic E-state index is 13.3. The van der Waals surface area contributed by atoms with E-state index in [-0.39, 0.29) is 19.6 Å². The maximum Gasteiger partial charge on any atom is 0.126 e. The Morgan fingerprint density at radius 1 is 0.952 bits per heavy atom. The molecule has 0 radical (unpaired) electrons. The van der Waals surface area contributed by atoms with E-state index in [2.05, 4.69) is 0 Å². The van der Waals surface area contributed by atoms with Crippen LogP contribution in [0, 0.1) is 11.6 Å². The molecule has 0 saturated carbocycles. The first-order valence-electron chi connectivity index (χ1n) is 6.42. The standard InChI is InChI=1S/C16H15ClF2O2/c17-13-3-1-2-12(6-13)16(9-20,10-21)8-11-4-14(18)7-15(19)5-11/h1-7,20-21H,8-10H2. The summed E-state index contributed by atoms with van der Waals surface area (Å²) in [5.41, 5.74) is -0.0780. The highest BCUT2D eigenvalue weighted by molar-refractivity contribution is 6.30. The molecule has 0 fully saturated rings. The van der Waals surface area contributed by atoms with Crippen molar-refractivity contribution in [2.75, 3.05) is 13.2 Å². The summed E-state index contributed by atoms with van der Waals surface area (Å²) in [6.45, 7) is -0.746. The predicted octanol–water partition coefficient (Wildman–Crippen LogP) is 3.08. The van der Waals surface area contributed by atoms with Crippen molar-refractivity contribution < 1.29 is 19.0 Å². The van der Waals surface area contributed by atoms with Gasteiger partial charge in [-0.05, 0) is 41.8 Å². The molecule has 0 heterocycles. The molecule has 0 atom stereocenters. The van der Waals surface area contributed by atoms with E-state index in [0.717, 1.165) is 6.07 Å². The Balaban J connectivity index is 2.42. The number of benzene rings is 2. The molecule has 0 aliphatic carbocycles. The zero-order chi connectivity index (χ0) is 15.5. The second-order valence-electron chi connectivity index (χ2n) is 5.06. The van der Waals surface area contributed by atoms with Gasteiger partial charge in [0.05, 0.1) is 13.2 Å². The fraction of sp³-hybridized carbons (Fsp3) is 0.250. The zero-order valence-electron chi connectivity index (χ0n) is 11.2. The minimum Gasteiger partial charge on any atom is -0.395 e. The molecular weight excluding hydrogens is 298 g/mol. The lowest BCUT2D eigenvalue weighted by atomic mass is 9.77. The highest BCUT2D eigenvalue weighted by atomic mass is 35.5. The number of hydrogen-bond acceptors (Lipinski definition) is 2. The Kier molecular flexibility index (Phi) is 4.93. The highest BCUT2D eigenvalue weighted by Crippen LogP contribution is 2.30. The Labute approximate surface area is 126 Å². The maximum atomic E-state index is 13.3. The van der Waals surface area contributed by atoms with Crippen molar-refractivity contribution in [2.45, 2.75) is 11.8 Å². The molecule has 2 aromatic rings. The van der Waals surface area contributed by atoms with Crippen molar-refractivity contribution in [3.05, 3.63) is 70.2 Å². The SMILES string of the molecule is OCC(CO)(Cc1cc(F)cc(F)c1)c1cccc(Cl)c1. The third-order valence-corrected chi connectivity index (χ3v) is 3.74. The molecule has 2 N–H and O–H groups in total. The lowest BCUT2D eigenvalue weighted by molar-refractivity contribution is 0.116. The third kappa shape index (κ3) is 3.59. The van der Waals surface area contributed by atoms with Gasteiger partial charge < -0.3 is 10.2 Å². The molecule has 0 aliphatic rings. The van der Waals surface area contributed by atoms with Gasteiger partial charge in [-0.2, -0.15) is 0 Å². The zero-order valence-corrected chi connectivity index (χ0v) is 11.9. The smallest absolute Gasteiger partial charge is 0.126 e. The predicted molar refractivity (Wildman–Crippen MR) is 77.4 cm³/mol. The first-order chi connectivity index (χ1) is 9.99. The van der Waals surface area contributed by atoms with Crippen molar-refractivity contribution in [1.82, 2.24) is 0 Å². The van der Waals surface area contributed by atoms with E-state index < -0.39 is 17.0 Å². The molecule has 21 heavy (non-hydrogen) atoms. The number of rotatable bonds is 5. The van der Waals surface area contributed by atoms with E-state index in [4.69, 9.17) is 11.6 Å². The Hall–Kier alpha value is -1.49. The molecule has 2 rings (SSSR count). The Bertz CT molecular complexity index is 607. The van der Waals surface area contributed by atoms with Crippen molar-refractivity contribution in [2.24, 2.45) is 0 Å². The third-order valence-electron chi connectivity index (χ3n) is 3.51. The molecule has 2 nitrogen and oxygen atoms in total. The van der Waals surface area contributed by atoms with E-state index in [1.807, 2.05) is 0 Å². The summed E-state index contributed by atoms with van der Waals surface area (Å²) in [7, 11) is 0. The molecule has 0 amide bonds. The summed E-state index contributed by atoms with van der Waals surface area (Å²) in [4.78, 5) is 0. The van der Waals surface area contributed by atoms with Crippen molar-refractivity contribution >= 4 is 11.6 Å². The molecule has 112 valence electrons. The van der Waals surface area contributed by atoms with E-state index in [0.29, 0.717) is 16.1 Å². The van der Waals surface area contributed by atoms with Crippen LogP contribution in [0.2, 0.25) is 5.02 Å². The molecule has 0 aliphatic heterocycles. The molecule has 0 saturated heterocycles. The topological polar surface area (TPSA) is 40.5 Å². The molecule has 2 aromatic carbocycles. The van der Waals surface area contributed by atoms with Crippen LogP contribution in [0.5, 0.6) is 0 Å². The largest absolute Gasteiger partial charge is 0.395 e. The average molecular weight is 313 g/mol. The van der Waals surface area contributed by atoms with Crippen LogP contribution in [-0.2, 0) is 11.8 Å². The molecule has 0 unspecified atom stereocenters. The second kappa shape index (κ2) is 6.52. The van der Waals surface area contributed by atoms with Crippen LogP contribution in [0.3, 0.4) is 0 Å². The van der Waals surface area contributed by atoms with Crippen molar-refractivity contribution in [3.8, 4) is 0 Å². The first-order valence-corrected chi connectivity index (χ1v) is 6.79. The van der Waals surface area contributed by atoms with Gasteiger partial charge in [0, 0.05) is 16.5 Å². The normalized spacial score (nSPS) is 11.7. The van der Waals surface area contributed by atoms with Crippen LogP contribution in [0.15, 0.2) is 42.5 Å². The van der Waals surface area contributed by atoms with Crippen LogP contribution < -0.4 is 0 Å². The molecule has 0 aromatic heterocycles. The fourth-order valence-corrected chi connectivity index (χ4v) is 2.56. The van der Waals surface area contributed by atoms with Crippen LogP contribution in [0.25, 0.3) is 0 Å². The van der Waals surface area contributed by atoms with Gasteiger partial charge >= 0.3 is 0 Å². The van der Waals surface area contributed by atoms with Gasteiger partial charge in [-0.15, -0.1) is 0 Å². The number of halogens is 3. The van der Waals surface area contributed by atoms with Crippen LogP contribution in [-0.4, -0.2) is 23.4 Å². The summed E-state index contributed by atoms with van der Waals surface area (Å²) in [6, 6.07) is 9.87.